The largest absolute Gasteiger partial charge is 0.352 e. The van der Waals surface area contributed by atoms with E-state index in [9.17, 15) is 4.79 Å². The molecule has 2 saturated carbocycles. The van der Waals surface area contributed by atoms with Crippen LogP contribution >= 0.6 is 0 Å². The van der Waals surface area contributed by atoms with Crippen LogP contribution in [0.2, 0.25) is 0 Å². The molecule has 0 atom stereocenters. The van der Waals surface area contributed by atoms with Crippen LogP contribution < -0.4 is 10.6 Å². The summed E-state index contributed by atoms with van der Waals surface area (Å²) in [5.74, 6) is 0.200. The molecule has 0 saturated heterocycles. The monoisotopic (exact) mass is 360 g/mol. The summed E-state index contributed by atoms with van der Waals surface area (Å²) >= 11 is 0. The first-order valence-electron chi connectivity index (χ1n) is 10.5. The topological polar surface area (TPSA) is 41.1 Å². The summed E-state index contributed by atoms with van der Waals surface area (Å²) in [5, 5.41) is 7.00. The minimum atomic E-state index is -0.545. The van der Waals surface area contributed by atoms with Gasteiger partial charge in [-0.25, -0.2) is 0 Å². The van der Waals surface area contributed by atoms with Crippen molar-refractivity contribution in [3.05, 3.63) is 59.7 Å². The fourth-order valence-corrected chi connectivity index (χ4v) is 4.76. The Morgan fingerprint density at radius 2 is 1.52 bits per heavy atom. The van der Waals surface area contributed by atoms with E-state index in [0.717, 1.165) is 32.2 Å². The molecule has 5 rings (SSSR count). The predicted octanol–water partition coefficient (Wildman–Crippen LogP) is 4.15. The second-order valence-electron chi connectivity index (χ2n) is 8.43. The highest BCUT2D eigenvalue weighted by Crippen LogP contribution is 2.51. The maximum Gasteiger partial charge on any atom is 0.235 e. The Hall–Kier alpha value is -2.13. The lowest BCUT2D eigenvalue weighted by molar-refractivity contribution is -0.125. The van der Waals surface area contributed by atoms with Crippen LogP contribution in [0.5, 0.6) is 0 Å². The maximum absolute atomic E-state index is 13.6. The van der Waals surface area contributed by atoms with E-state index >= 15 is 0 Å². The summed E-state index contributed by atoms with van der Waals surface area (Å²) in [6.45, 7) is 0.994. The molecule has 3 nitrogen and oxygen atoms in total. The zero-order valence-corrected chi connectivity index (χ0v) is 15.8. The molecule has 2 aromatic rings. The summed E-state index contributed by atoms with van der Waals surface area (Å²) in [5.41, 5.74) is 4.29. The number of hydrogen-bond donors (Lipinski definition) is 2. The molecule has 3 heteroatoms. The van der Waals surface area contributed by atoms with Gasteiger partial charge in [0.25, 0.3) is 0 Å². The molecule has 140 valence electrons. The second kappa shape index (κ2) is 6.79. The lowest BCUT2D eigenvalue weighted by Crippen LogP contribution is -2.45. The Labute approximate surface area is 161 Å². The van der Waals surface area contributed by atoms with Crippen molar-refractivity contribution in [1.29, 1.82) is 0 Å². The van der Waals surface area contributed by atoms with Gasteiger partial charge in [-0.2, -0.15) is 0 Å². The van der Waals surface area contributed by atoms with Gasteiger partial charge in [0.1, 0.15) is 5.41 Å². The van der Waals surface area contributed by atoms with Gasteiger partial charge in [-0.1, -0.05) is 55.0 Å². The minimum absolute atomic E-state index is 0.200. The van der Waals surface area contributed by atoms with Crippen molar-refractivity contribution in [3.8, 4) is 11.1 Å². The standard InChI is InChI=1S/C24H28N2O/c27-23(26-18-13-14-18)24(15-6-16-25-17-7-5-8-17)21-11-3-1-9-19(21)20-10-2-4-12-22(20)24/h1-4,9-12,17-18,25H,5-8,13-16H2,(H,26,27). The van der Waals surface area contributed by atoms with E-state index in [-0.39, 0.29) is 5.91 Å². The van der Waals surface area contributed by atoms with Crippen molar-refractivity contribution >= 4 is 5.91 Å². The molecular formula is C24H28N2O. The van der Waals surface area contributed by atoms with Gasteiger partial charge in [-0.05, 0) is 67.3 Å². The van der Waals surface area contributed by atoms with Gasteiger partial charge >= 0.3 is 0 Å². The van der Waals surface area contributed by atoms with Crippen LogP contribution in [-0.4, -0.2) is 24.5 Å². The Morgan fingerprint density at radius 1 is 0.889 bits per heavy atom. The van der Waals surface area contributed by atoms with Crippen molar-refractivity contribution in [3.63, 3.8) is 0 Å². The van der Waals surface area contributed by atoms with Gasteiger partial charge in [-0.15, -0.1) is 0 Å². The smallest absolute Gasteiger partial charge is 0.235 e. The Bertz CT molecular complexity index is 805. The van der Waals surface area contributed by atoms with Crippen molar-refractivity contribution in [1.82, 2.24) is 10.6 Å². The summed E-state index contributed by atoms with van der Waals surface area (Å²) in [6, 6.07) is 18.1. The number of carbonyl (C=O) groups excluding carboxylic acids is 1. The molecular weight excluding hydrogens is 332 g/mol. The molecule has 3 aliphatic rings. The molecule has 3 aliphatic carbocycles. The highest BCUT2D eigenvalue weighted by molar-refractivity contribution is 6.00. The average Bonchev–Trinajstić information content (AvgIpc) is 3.42. The summed E-state index contributed by atoms with van der Waals surface area (Å²) in [6.07, 6.45) is 8.07. The van der Waals surface area contributed by atoms with Gasteiger partial charge in [0.2, 0.25) is 5.91 Å². The molecule has 27 heavy (non-hydrogen) atoms. The normalized spacial score (nSPS) is 19.9. The minimum Gasteiger partial charge on any atom is -0.352 e. The lowest BCUT2D eigenvalue weighted by Gasteiger charge is -2.32. The van der Waals surface area contributed by atoms with E-state index in [2.05, 4.69) is 59.2 Å². The van der Waals surface area contributed by atoms with Crippen LogP contribution in [-0.2, 0) is 10.2 Å². The van der Waals surface area contributed by atoms with E-state index in [4.69, 9.17) is 0 Å². The van der Waals surface area contributed by atoms with Crippen LogP contribution in [0.3, 0.4) is 0 Å². The molecule has 1 amide bonds. The third kappa shape index (κ3) is 2.89. The molecule has 2 fully saturated rings. The number of benzene rings is 2. The highest BCUT2D eigenvalue weighted by Gasteiger charge is 2.49. The zero-order valence-electron chi connectivity index (χ0n) is 15.8. The molecule has 2 N–H and O–H groups in total. The van der Waals surface area contributed by atoms with Crippen LogP contribution in [0.25, 0.3) is 11.1 Å². The van der Waals surface area contributed by atoms with Gasteiger partial charge in [0.05, 0.1) is 0 Å². The third-order valence-electron chi connectivity index (χ3n) is 6.63. The molecule has 0 radical (unpaired) electrons. The molecule has 0 bridgehead atoms. The number of hydrogen-bond acceptors (Lipinski definition) is 2. The molecule has 0 heterocycles. The second-order valence-corrected chi connectivity index (χ2v) is 8.43. The molecule has 2 aromatic carbocycles. The molecule has 0 spiro atoms. The van der Waals surface area contributed by atoms with Crippen LogP contribution in [0, 0.1) is 0 Å². The fourth-order valence-electron chi connectivity index (χ4n) is 4.76. The quantitative estimate of drug-likeness (QED) is 0.728. The van der Waals surface area contributed by atoms with Gasteiger partial charge in [0, 0.05) is 12.1 Å². The average molecular weight is 361 g/mol. The number of rotatable bonds is 7. The Balaban J connectivity index is 1.49. The van der Waals surface area contributed by atoms with E-state index in [1.807, 2.05) is 0 Å². The first-order chi connectivity index (χ1) is 13.3. The predicted molar refractivity (Wildman–Crippen MR) is 109 cm³/mol. The fraction of sp³-hybridized carbons (Fsp3) is 0.458. The zero-order chi connectivity index (χ0) is 18.3. The number of nitrogens with one attached hydrogen (secondary N) is 2. The van der Waals surface area contributed by atoms with Crippen LogP contribution in [0.4, 0.5) is 0 Å². The van der Waals surface area contributed by atoms with Crippen LogP contribution in [0.15, 0.2) is 48.5 Å². The first-order valence-corrected chi connectivity index (χ1v) is 10.5. The van der Waals surface area contributed by atoms with E-state index in [1.54, 1.807) is 0 Å². The van der Waals surface area contributed by atoms with E-state index < -0.39 is 5.41 Å². The van der Waals surface area contributed by atoms with Crippen LogP contribution in [0.1, 0.15) is 56.1 Å². The molecule has 0 aromatic heterocycles. The summed E-state index contributed by atoms with van der Waals surface area (Å²) in [4.78, 5) is 13.6. The molecule has 0 unspecified atom stereocenters. The first kappa shape index (κ1) is 17.0. The van der Waals surface area contributed by atoms with E-state index in [0.29, 0.717) is 12.1 Å². The van der Waals surface area contributed by atoms with Crippen molar-refractivity contribution < 1.29 is 4.79 Å². The Kier molecular flexibility index (Phi) is 4.28. The SMILES string of the molecule is O=C(NC1CC1)C1(CCCNC2CCC2)c2ccccc2-c2ccccc21. The van der Waals surface area contributed by atoms with Gasteiger partial charge in [0.15, 0.2) is 0 Å². The lowest BCUT2D eigenvalue weighted by atomic mass is 9.73. The number of fused-ring (bicyclic) bond motifs is 3. The summed E-state index contributed by atoms with van der Waals surface area (Å²) in [7, 11) is 0. The summed E-state index contributed by atoms with van der Waals surface area (Å²) < 4.78 is 0. The molecule has 0 aliphatic heterocycles. The number of amides is 1. The van der Waals surface area contributed by atoms with E-state index in [1.165, 1.54) is 41.5 Å². The maximum atomic E-state index is 13.6. The Morgan fingerprint density at radius 3 is 2.07 bits per heavy atom. The van der Waals surface area contributed by atoms with Crippen molar-refractivity contribution in [2.45, 2.75) is 62.4 Å². The highest BCUT2D eigenvalue weighted by atomic mass is 16.2. The van der Waals surface area contributed by atoms with Gasteiger partial charge < -0.3 is 10.6 Å². The number of carbonyl (C=O) groups is 1. The van der Waals surface area contributed by atoms with Crippen molar-refractivity contribution in [2.24, 2.45) is 0 Å². The van der Waals surface area contributed by atoms with Gasteiger partial charge in [-0.3, -0.25) is 4.79 Å². The van der Waals surface area contributed by atoms with Crippen molar-refractivity contribution in [2.75, 3.05) is 6.54 Å². The third-order valence-corrected chi connectivity index (χ3v) is 6.63.